The fourth-order valence-corrected chi connectivity index (χ4v) is 2.55. The Bertz CT molecular complexity index is 621. The van der Waals surface area contributed by atoms with Crippen LogP contribution in [0.1, 0.15) is 5.69 Å². The van der Waals surface area contributed by atoms with Crippen molar-refractivity contribution in [1.29, 1.82) is 0 Å². The maximum absolute atomic E-state index is 12.1. The maximum Gasteiger partial charge on any atom is 0.317 e. The molecule has 1 aromatic carbocycles. The van der Waals surface area contributed by atoms with Crippen molar-refractivity contribution in [2.45, 2.75) is 6.54 Å². The van der Waals surface area contributed by atoms with E-state index in [1.807, 2.05) is 18.2 Å². The van der Waals surface area contributed by atoms with Crippen molar-refractivity contribution in [3.63, 3.8) is 0 Å². The van der Waals surface area contributed by atoms with Gasteiger partial charge in [0, 0.05) is 32.4 Å². The van der Waals surface area contributed by atoms with Crippen LogP contribution in [0.2, 0.25) is 0 Å². The van der Waals surface area contributed by atoms with Crippen molar-refractivity contribution in [3.05, 3.63) is 42.2 Å². The fraction of sp³-hybridized carbons (Fsp3) is 0.333. The number of urea groups is 1. The van der Waals surface area contributed by atoms with Gasteiger partial charge in [0.2, 0.25) is 0 Å². The van der Waals surface area contributed by atoms with Crippen LogP contribution in [0.3, 0.4) is 0 Å². The van der Waals surface area contributed by atoms with E-state index in [1.54, 1.807) is 23.2 Å². The lowest BCUT2D eigenvalue weighted by Gasteiger charge is -2.36. The molecule has 7 nitrogen and oxygen atoms in total. The van der Waals surface area contributed by atoms with Gasteiger partial charge in [-0.05, 0) is 18.2 Å². The fourth-order valence-electron chi connectivity index (χ4n) is 2.55. The number of anilines is 1. The molecule has 0 radical (unpaired) electrons. The normalized spacial score (nSPS) is 14.9. The predicted octanol–water partition coefficient (Wildman–Crippen LogP) is 1.15. The van der Waals surface area contributed by atoms with Gasteiger partial charge in [0.25, 0.3) is 0 Å². The quantitative estimate of drug-likeness (QED) is 0.794. The number of carbonyl (C=O) groups is 1. The monoisotopic (exact) mass is 301 g/mol. The van der Waals surface area contributed by atoms with Gasteiger partial charge in [-0.1, -0.05) is 12.1 Å². The number of phenolic OH excluding ortho intramolecular Hbond substituents is 1. The first-order chi connectivity index (χ1) is 10.7. The van der Waals surface area contributed by atoms with E-state index in [2.05, 4.69) is 20.4 Å². The molecule has 1 aliphatic heterocycles. The molecule has 116 valence electrons. The number of benzene rings is 1. The lowest BCUT2D eigenvalue weighted by molar-refractivity contribution is 0.193. The third-order valence-corrected chi connectivity index (χ3v) is 3.78. The second-order valence-electron chi connectivity index (χ2n) is 5.20. The summed E-state index contributed by atoms with van der Waals surface area (Å²) in [5.41, 5.74) is 1.70. The summed E-state index contributed by atoms with van der Waals surface area (Å²) in [4.78, 5) is 16.0. The number of phenols is 1. The molecule has 0 unspecified atom stereocenters. The van der Waals surface area contributed by atoms with Crippen LogP contribution in [0.15, 0.2) is 36.5 Å². The zero-order valence-electron chi connectivity index (χ0n) is 12.2. The second kappa shape index (κ2) is 6.38. The van der Waals surface area contributed by atoms with Crippen LogP contribution in [0, 0.1) is 0 Å². The minimum atomic E-state index is -0.0773. The molecular weight excluding hydrogens is 282 g/mol. The Kier molecular flexibility index (Phi) is 4.13. The van der Waals surface area contributed by atoms with Gasteiger partial charge in [-0.3, -0.25) is 5.10 Å². The molecule has 1 fully saturated rings. The number of hydrogen-bond donors (Lipinski definition) is 3. The zero-order valence-corrected chi connectivity index (χ0v) is 12.2. The molecule has 0 aliphatic carbocycles. The molecule has 2 amide bonds. The highest BCUT2D eigenvalue weighted by molar-refractivity contribution is 5.74. The van der Waals surface area contributed by atoms with Gasteiger partial charge in [-0.25, -0.2) is 4.79 Å². The molecule has 2 aromatic rings. The minimum absolute atomic E-state index is 0.0773. The molecule has 3 rings (SSSR count). The first-order valence-corrected chi connectivity index (χ1v) is 7.28. The molecule has 0 bridgehead atoms. The summed E-state index contributed by atoms with van der Waals surface area (Å²) >= 11 is 0. The number of H-pyrrole nitrogens is 1. The van der Waals surface area contributed by atoms with E-state index < -0.39 is 0 Å². The number of aromatic amines is 1. The van der Waals surface area contributed by atoms with Gasteiger partial charge >= 0.3 is 6.03 Å². The maximum atomic E-state index is 12.1. The van der Waals surface area contributed by atoms with E-state index in [-0.39, 0.29) is 11.8 Å². The first kappa shape index (κ1) is 14.2. The highest BCUT2D eigenvalue weighted by Gasteiger charge is 2.22. The Morgan fingerprint density at radius 2 is 2.00 bits per heavy atom. The number of rotatable bonds is 3. The third-order valence-electron chi connectivity index (χ3n) is 3.78. The highest BCUT2D eigenvalue weighted by Crippen LogP contribution is 2.27. The van der Waals surface area contributed by atoms with Crippen LogP contribution in [-0.2, 0) is 6.54 Å². The molecule has 0 saturated carbocycles. The molecule has 0 spiro atoms. The van der Waals surface area contributed by atoms with Crippen molar-refractivity contribution in [2.75, 3.05) is 31.1 Å². The van der Waals surface area contributed by atoms with Gasteiger partial charge in [0.15, 0.2) is 0 Å². The van der Waals surface area contributed by atoms with E-state index in [9.17, 15) is 9.90 Å². The van der Waals surface area contributed by atoms with E-state index in [0.717, 1.165) is 11.4 Å². The average molecular weight is 301 g/mol. The van der Waals surface area contributed by atoms with Gasteiger partial charge in [-0.15, -0.1) is 0 Å². The Hall–Kier alpha value is -2.70. The lowest BCUT2D eigenvalue weighted by Crippen LogP contribution is -2.51. The molecule has 1 saturated heterocycles. The van der Waals surface area contributed by atoms with Crippen molar-refractivity contribution < 1.29 is 9.90 Å². The predicted molar refractivity (Wildman–Crippen MR) is 82.7 cm³/mol. The number of para-hydroxylation sites is 2. The molecule has 2 heterocycles. The number of amides is 2. The Morgan fingerprint density at radius 3 is 2.68 bits per heavy atom. The number of nitrogens with zero attached hydrogens (tertiary/aromatic N) is 3. The molecule has 3 N–H and O–H groups in total. The van der Waals surface area contributed by atoms with E-state index in [1.165, 1.54) is 0 Å². The van der Waals surface area contributed by atoms with Crippen LogP contribution in [0.25, 0.3) is 0 Å². The number of carbonyl (C=O) groups excluding carboxylic acids is 1. The summed E-state index contributed by atoms with van der Waals surface area (Å²) in [6.45, 7) is 3.11. The van der Waals surface area contributed by atoms with Crippen molar-refractivity contribution in [3.8, 4) is 5.75 Å². The largest absolute Gasteiger partial charge is 0.506 e. The number of piperazine rings is 1. The van der Waals surface area contributed by atoms with Crippen LogP contribution >= 0.6 is 0 Å². The molecular formula is C15H19N5O2. The SMILES string of the molecule is O=C(NCc1ccn[nH]1)N1CCN(c2ccccc2O)CC1. The first-order valence-electron chi connectivity index (χ1n) is 7.28. The van der Waals surface area contributed by atoms with Gasteiger partial charge in [-0.2, -0.15) is 5.10 Å². The van der Waals surface area contributed by atoms with Crippen LogP contribution in [-0.4, -0.2) is 52.4 Å². The number of hydrogen-bond acceptors (Lipinski definition) is 4. The van der Waals surface area contributed by atoms with Gasteiger partial charge < -0.3 is 20.2 Å². The van der Waals surface area contributed by atoms with E-state index >= 15 is 0 Å². The Morgan fingerprint density at radius 1 is 1.23 bits per heavy atom. The third kappa shape index (κ3) is 3.13. The summed E-state index contributed by atoms with van der Waals surface area (Å²) < 4.78 is 0. The summed E-state index contributed by atoms with van der Waals surface area (Å²) in [6.07, 6.45) is 1.66. The molecule has 0 atom stereocenters. The lowest BCUT2D eigenvalue weighted by atomic mass is 10.2. The van der Waals surface area contributed by atoms with Gasteiger partial charge in [0.1, 0.15) is 5.75 Å². The molecule has 7 heteroatoms. The average Bonchev–Trinajstić information content (AvgIpc) is 3.07. The van der Waals surface area contributed by atoms with Crippen LogP contribution in [0.5, 0.6) is 5.75 Å². The summed E-state index contributed by atoms with van der Waals surface area (Å²) in [7, 11) is 0. The van der Waals surface area contributed by atoms with Crippen molar-refractivity contribution >= 4 is 11.7 Å². The van der Waals surface area contributed by atoms with E-state index in [4.69, 9.17) is 0 Å². The summed E-state index contributed by atoms with van der Waals surface area (Å²) in [6, 6.07) is 9.03. The summed E-state index contributed by atoms with van der Waals surface area (Å²) in [5, 5.41) is 19.4. The Balaban J connectivity index is 1.51. The second-order valence-corrected chi connectivity index (χ2v) is 5.20. The zero-order chi connectivity index (χ0) is 15.4. The van der Waals surface area contributed by atoms with Crippen LogP contribution < -0.4 is 10.2 Å². The number of aromatic hydroxyl groups is 1. The molecule has 1 aromatic heterocycles. The Labute approximate surface area is 128 Å². The van der Waals surface area contributed by atoms with Crippen molar-refractivity contribution in [2.24, 2.45) is 0 Å². The van der Waals surface area contributed by atoms with Crippen molar-refractivity contribution in [1.82, 2.24) is 20.4 Å². The number of aromatic nitrogens is 2. The highest BCUT2D eigenvalue weighted by atomic mass is 16.3. The molecule has 22 heavy (non-hydrogen) atoms. The standard InChI is InChI=1S/C15H19N5O2/c21-14-4-2-1-3-13(14)19-7-9-20(10-8-19)15(22)16-11-12-5-6-17-18-12/h1-6,21H,7-11H2,(H,16,22)(H,17,18). The van der Waals surface area contributed by atoms with E-state index in [0.29, 0.717) is 32.7 Å². The summed E-state index contributed by atoms with van der Waals surface area (Å²) in [5.74, 6) is 0.277. The van der Waals surface area contributed by atoms with Gasteiger partial charge in [0.05, 0.1) is 17.9 Å². The smallest absolute Gasteiger partial charge is 0.317 e. The molecule has 1 aliphatic rings. The topological polar surface area (TPSA) is 84.5 Å². The number of nitrogens with one attached hydrogen (secondary N) is 2. The minimum Gasteiger partial charge on any atom is -0.506 e. The van der Waals surface area contributed by atoms with Crippen LogP contribution in [0.4, 0.5) is 10.5 Å².